The Hall–Kier alpha value is -11.9. The minimum absolute atomic E-state index is 0.00835. The normalized spacial score (nSPS) is 16.9. The van der Waals surface area contributed by atoms with E-state index in [2.05, 4.69) is 61.9 Å². The average Bonchev–Trinajstić information content (AvgIpc) is 0.767. The number of benzene rings is 9. The molecule has 0 saturated carbocycles. The van der Waals surface area contributed by atoms with Gasteiger partial charge in [0.15, 0.2) is 5.78 Å². The molecule has 115 heavy (non-hydrogen) atoms. The lowest BCUT2D eigenvalue weighted by molar-refractivity contribution is 0.0909. The molecule has 4 N–H and O–H groups in total. The van der Waals surface area contributed by atoms with Crippen LogP contribution in [-0.2, 0) is 30.1 Å². The van der Waals surface area contributed by atoms with Gasteiger partial charge in [0.25, 0.3) is 30.1 Å². The van der Waals surface area contributed by atoms with Gasteiger partial charge in [-0.05, 0) is 93.8 Å². The Morgan fingerprint density at radius 1 is 0.313 bits per heavy atom. The Labute approximate surface area is 675 Å². The number of rotatable bonds is 16. The lowest BCUT2D eigenvalue weighted by Gasteiger charge is -2.38. The number of carbonyl (C=O) groups is 8. The van der Waals surface area contributed by atoms with Crippen molar-refractivity contribution < 1.29 is 63.6 Å². The lowest BCUT2D eigenvalue weighted by atomic mass is 9.84. The molecule has 9 aromatic rings. The van der Waals surface area contributed by atoms with Crippen molar-refractivity contribution in [3.8, 4) is 0 Å². The van der Waals surface area contributed by atoms with Gasteiger partial charge < -0.3 is 34.7 Å². The van der Waals surface area contributed by atoms with Crippen LogP contribution >= 0.6 is 15.9 Å². The van der Waals surface area contributed by atoms with E-state index in [1.165, 1.54) is 42.5 Å². The average molecular weight is 1670 g/mol. The molecule has 16 rings (SSSR count). The zero-order valence-corrected chi connectivity index (χ0v) is 67.2. The molecule has 7 aliphatic rings. The molecule has 0 radical (unpaired) electrons. The van der Waals surface area contributed by atoms with E-state index >= 15 is 0 Å². The number of fused-ring (bicyclic) bond motifs is 4. The number of hydrogen-bond donors (Lipinski definition) is 4. The van der Waals surface area contributed by atoms with Crippen LogP contribution < -0.4 is 19.5 Å². The van der Waals surface area contributed by atoms with Gasteiger partial charge in [0.2, 0.25) is 40.5 Å². The van der Waals surface area contributed by atoms with Crippen molar-refractivity contribution in [1.82, 2.24) is 43.6 Å². The fourth-order valence-corrected chi connectivity index (χ4v) is 17.7. The van der Waals surface area contributed by atoms with Crippen molar-refractivity contribution in [3.05, 3.63) is 337 Å². The molecular formula is C87H81BrN10O14S3. The number of hydrogen-bond acceptors (Lipinski definition) is 21. The van der Waals surface area contributed by atoms with Crippen LogP contribution in [0.25, 0.3) is 5.57 Å². The van der Waals surface area contributed by atoms with E-state index < -0.39 is 53.2 Å². The molecule has 24 nitrogen and oxygen atoms in total. The molecule has 0 bridgehead atoms. The van der Waals surface area contributed by atoms with E-state index in [-0.39, 0.29) is 94.1 Å². The topological polar surface area (TPSA) is 307 Å². The number of allylic oxidation sites excluding steroid dienone is 8. The number of nitrogens with zero attached hydrogens (tertiary/aromatic N) is 6. The largest absolute Gasteiger partial charge is 0.364 e. The molecule has 0 atom stereocenters. The third-order valence-electron chi connectivity index (χ3n) is 20.5. The molecule has 0 unspecified atom stereocenters. The highest BCUT2D eigenvalue weighted by molar-refractivity contribution is 9.10. The molecule has 0 spiro atoms. The molecular weight excluding hydrogens is 1590 g/mol. The minimum atomic E-state index is -4.06. The predicted molar refractivity (Wildman–Crippen MR) is 439 cm³/mol. The SMILES string of the molecule is CCN1CCN(C2=C(Nc3ccc(C)cc3)C(=O)c3ccccc3C2=O)CC1.CN1CCN(C2=C(NS(=O)(=O)c3ccc(Br)cc3)C(=O)c3ccccc3C2=O)CC1.CN1CCN(C2=C(NS(=O)(=O)c3ccccc3)C(=O)c3ccccc3C2=O)CC1.O=C1C(NS(=O)(=O)c2ccccc2)=C(c2ccccc2)C(=O)c2ccccc21. The molecule has 9 aromatic carbocycles. The number of likely N-dealkylation sites (N-methyl/N-ethyl adjacent to an activating group) is 3. The summed E-state index contributed by atoms with van der Waals surface area (Å²) >= 11 is 3.28. The summed E-state index contributed by atoms with van der Waals surface area (Å²) in [5.41, 5.74) is 5.41. The zero-order chi connectivity index (χ0) is 81.5. The number of anilines is 1. The van der Waals surface area contributed by atoms with Crippen molar-refractivity contribution in [1.29, 1.82) is 0 Å². The first-order valence-electron chi connectivity index (χ1n) is 37.1. The molecule has 4 aliphatic carbocycles. The monoisotopic (exact) mass is 1660 g/mol. The van der Waals surface area contributed by atoms with E-state index in [1.54, 1.807) is 174 Å². The first kappa shape index (κ1) is 81.1. The Morgan fingerprint density at radius 2 is 0.600 bits per heavy atom. The maximum Gasteiger partial charge on any atom is 0.262 e. The highest BCUT2D eigenvalue weighted by Gasteiger charge is 2.42. The Kier molecular flexibility index (Phi) is 24.6. The highest BCUT2D eigenvalue weighted by Crippen LogP contribution is 2.36. The smallest absolute Gasteiger partial charge is 0.262 e. The molecule has 3 heterocycles. The van der Waals surface area contributed by atoms with E-state index in [1.807, 2.05) is 51.4 Å². The minimum Gasteiger partial charge on any atom is -0.364 e. The summed E-state index contributed by atoms with van der Waals surface area (Å²) in [6, 6.07) is 64.6. The van der Waals surface area contributed by atoms with Gasteiger partial charge in [-0.15, -0.1) is 0 Å². The number of carbonyl (C=O) groups excluding carboxylic acids is 8. The number of aryl methyl sites for hydroxylation is 1. The van der Waals surface area contributed by atoms with Crippen molar-refractivity contribution in [3.63, 3.8) is 0 Å². The van der Waals surface area contributed by atoms with Crippen LogP contribution in [0.2, 0.25) is 0 Å². The Bertz CT molecular complexity index is 5840. The molecule has 0 aromatic heterocycles. The quantitative estimate of drug-likeness (QED) is 0.0698. The summed E-state index contributed by atoms with van der Waals surface area (Å²) in [6.45, 7) is 13.4. The Morgan fingerprint density at radius 3 is 0.965 bits per heavy atom. The fraction of sp³-hybridized carbons (Fsp3) is 0.195. The maximum atomic E-state index is 13.4. The van der Waals surface area contributed by atoms with E-state index in [0.717, 1.165) is 48.4 Å². The zero-order valence-electron chi connectivity index (χ0n) is 63.2. The van der Waals surface area contributed by atoms with Crippen molar-refractivity contribution in [2.45, 2.75) is 28.5 Å². The van der Waals surface area contributed by atoms with Crippen LogP contribution in [-0.4, -0.2) is 200 Å². The number of Topliss-reactive ketones (excluding diaryl/α,β-unsaturated/α-hetero) is 8. The second-order valence-corrected chi connectivity index (χ2v) is 34.0. The Balaban J connectivity index is 0.000000134. The van der Waals surface area contributed by atoms with Gasteiger partial charge in [-0.3, -0.25) is 52.5 Å². The number of ketones is 8. The summed E-state index contributed by atoms with van der Waals surface area (Å²) in [5, 5.41) is 3.26. The van der Waals surface area contributed by atoms with E-state index in [0.29, 0.717) is 91.6 Å². The van der Waals surface area contributed by atoms with Gasteiger partial charge in [-0.1, -0.05) is 204 Å². The summed E-state index contributed by atoms with van der Waals surface area (Å²) in [6.07, 6.45) is 0. The number of nitrogens with one attached hydrogen (secondary N) is 4. The van der Waals surface area contributed by atoms with Crippen LogP contribution in [0.15, 0.2) is 296 Å². The maximum absolute atomic E-state index is 13.4. The van der Waals surface area contributed by atoms with Crippen molar-refractivity contribution in [2.75, 3.05) is 104 Å². The van der Waals surface area contributed by atoms with Crippen LogP contribution in [0.3, 0.4) is 0 Å². The molecule has 0 amide bonds. The molecule has 588 valence electrons. The van der Waals surface area contributed by atoms with Gasteiger partial charge in [0.1, 0.15) is 39.9 Å². The molecule has 3 saturated heterocycles. The third kappa shape index (κ3) is 17.6. The second kappa shape index (κ2) is 34.8. The number of sulfonamides is 3. The van der Waals surface area contributed by atoms with Gasteiger partial charge in [-0.25, -0.2) is 25.3 Å². The summed E-state index contributed by atoms with van der Waals surface area (Å²) in [7, 11) is -8.16. The van der Waals surface area contributed by atoms with Crippen LogP contribution in [0.1, 0.15) is 101 Å². The first-order valence-corrected chi connectivity index (χ1v) is 42.4. The van der Waals surface area contributed by atoms with Gasteiger partial charge >= 0.3 is 0 Å². The van der Waals surface area contributed by atoms with E-state index in [4.69, 9.17) is 0 Å². The van der Waals surface area contributed by atoms with Crippen LogP contribution in [0.5, 0.6) is 0 Å². The summed E-state index contributed by atoms with van der Waals surface area (Å²) in [4.78, 5) is 118. The van der Waals surface area contributed by atoms with Crippen molar-refractivity contribution >= 4 is 104 Å². The van der Waals surface area contributed by atoms with Crippen LogP contribution in [0, 0.1) is 6.92 Å². The summed E-state index contributed by atoms with van der Waals surface area (Å²) in [5.74, 6) is -2.80. The molecule has 3 fully saturated rings. The van der Waals surface area contributed by atoms with Crippen molar-refractivity contribution in [2.24, 2.45) is 0 Å². The fourth-order valence-electron chi connectivity index (χ4n) is 14.2. The summed E-state index contributed by atoms with van der Waals surface area (Å²) < 4.78 is 85.4. The van der Waals surface area contributed by atoms with Gasteiger partial charge in [-0.2, -0.15) is 0 Å². The number of halogens is 1. The third-order valence-corrected chi connectivity index (χ3v) is 25.1. The predicted octanol–water partition coefficient (Wildman–Crippen LogP) is 10.6. The second-order valence-electron chi connectivity index (χ2n) is 28.0. The standard InChI is InChI=1S/C23H25N3O2.C22H15NO4S.C21H20BrN3O4S.C21H21N3O4S/c1-3-25-12-14-26(15-13-25)21-20(24-17-10-8-16(2)9-11-17)22(27)18-6-4-5-7-19(18)23(21)28;24-21-17-13-7-8-14-18(17)22(25)20(19(21)15-9-3-1-4-10-15)23-28(26,27)16-11-5-2-6-12-16;1-24-10-12-25(13-11-24)19-18(20(26)16-4-2-3-5-17(16)21(19)27)23-30(28,29)15-8-6-14(22)7-9-15;1-23-11-13-24(14-12-23)19-18(22-29(27,28)15-7-3-2-4-8-15)20(25)16-9-5-6-10-17(16)21(19)26/h4-11,24H,3,12-15H2,1-2H3;1-14,23H;2-9,23H,10-13H2,1H3;2-10,22H,11-14H2,1H3. The van der Waals surface area contributed by atoms with Gasteiger partial charge in [0, 0.05) is 133 Å². The molecule has 28 heteroatoms. The highest BCUT2D eigenvalue weighted by atomic mass is 79.9. The van der Waals surface area contributed by atoms with Gasteiger partial charge in [0.05, 0.1) is 20.3 Å². The number of piperazine rings is 3. The first-order chi connectivity index (χ1) is 55.2. The molecule has 3 aliphatic heterocycles. The lowest BCUT2D eigenvalue weighted by Crippen LogP contribution is -2.48. The van der Waals surface area contributed by atoms with E-state index in [9.17, 15) is 63.6 Å². The van der Waals surface area contributed by atoms with Crippen LogP contribution in [0.4, 0.5) is 5.69 Å².